The van der Waals surface area contributed by atoms with Gasteiger partial charge in [0.15, 0.2) is 0 Å². The number of sulfonamides is 1. The molecule has 0 aliphatic carbocycles. The molecule has 1 aliphatic rings. The molecule has 0 spiro atoms. The monoisotopic (exact) mass is 478 g/mol. The Labute approximate surface area is 196 Å². The molecule has 0 bridgehead atoms. The van der Waals surface area contributed by atoms with Gasteiger partial charge in [0.1, 0.15) is 6.54 Å². The normalized spacial score (nSPS) is 15.5. The molecule has 2 aromatic rings. The fourth-order valence-corrected chi connectivity index (χ4v) is 5.16. The molecule has 2 aromatic carbocycles. The number of aryl methyl sites for hydroxylation is 1. The lowest BCUT2D eigenvalue weighted by molar-refractivity contribution is -0.119. The van der Waals surface area contributed by atoms with Crippen molar-refractivity contribution in [3.63, 3.8) is 0 Å². The van der Waals surface area contributed by atoms with Gasteiger partial charge in [-0.25, -0.2) is 8.42 Å². The summed E-state index contributed by atoms with van der Waals surface area (Å²) in [7, 11) is -1.81. The van der Waals surface area contributed by atoms with E-state index in [2.05, 4.69) is 22.2 Å². The minimum Gasteiger partial charge on any atom is -0.354 e. The van der Waals surface area contributed by atoms with Crippen molar-refractivity contribution in [2.75, 3.05) is 57.2 Å². The van der Waals surface area contributed by atoms with Gasteiger partial charge in [0.05, 0.1) is 10.6 Å². The zero-order valence-electron chi connectivity index (χ0n) is 18.6. The van der Waals surface area contributed by atoms with Crippen LogP contribution in [0.1, 0.15) is 12.0 Å². The summed E-state index contributed by atoms with van der Waals surface area (Å²) in [5.41, 5.74) is 1.36. The Bertz CT molecular complexity index is 1010. The topological polar surface area (TPSA) is 73.0 Å². The Morgan fingerprint density at radius 1 is 1.09 bits per heavy atom. The van der Waals surface area contributed by atoms with E-state index in [0.717, 1.165) is 49.0 Å². The van der Waals surface area contributed by atoms with E-state index in [1.54, 1.807) is 18.2 Å². The van der Waals surface area contributed by atoms with Gasteiger partial charge in [-0.2, -0.15) is 0 Å². The summed E-state index contributed by atoms with van der Waals surface area (Å²) in [6.07, 6.45) is 0.823. The minimum atomic E-state index is -3.93. The maximum Gasteiger partial charge on any atom is 0.264 e. The van der Waals surface area contributed by atoms with Crippen LogP contribution >= 0.6 is 11.6 Å². The number of nitrogens with one attached hydrogen (secondary N) is 1. The number of carbonyl (C=O) groups excluding carboxylic acids is 1. The van der Waals surface area contributed by atoms with E-state index in [1.807, 2.05) is 13.0 Å². The van der Waals surface area contributed by atoms with E-state index in [9.17, 15) is 13.2 Å². The van der Waals surface area contributed by atoms with Gasteiger partial charge >= 0.3 is 0 Å². The molecule has 1 aliphatic heterocycles. The van der Waals surface area contributed by atoms with Gasteiger partial charge in [0, 0.05) is 37.7 Å². The molecule has 1 fully saturated rings. The summed E-state index contributed by atoms with van der Waals surface area (Å²) < 4.78 is 27.8. The van der Waals surface area contributed by atoms with Gasteiger partial charge in [-0.3, -0.25) is 9.10 Å². The second-order valence-electron chi connectivity index (χ2n) is 8.15. The first-order valence-corrected chi connectivity index (χ1v) is 12.6. The number of carbonyl (C=O) groups is 1. The Balaban J connectivity index is 1.65. The SMILES string of the molecule is Cc1cccc(N(CC(=O)NCCCN2CCN(C)CC2)S(=O)(=O)c2ccc(Cl)cc2)c1. The average molecular weight is 479 g/mol. The van der Waals surface area contributed by atoms with E-state index in [-0.39, 0.29) is 17.3 Å². The Morgan fingerprint density at radius 3 is 2.44 bits per heavy atom. The van der Waals surface area contributed by atoms with Gasteiger partial charge in [-0.1, -0.05) is 23.7 Å². The molecule has 32 heavy (non-hydrogen) atoms. The number of amides is 1. The van der Waals surface area contributed by atoms with Crippen LogP contribution < -0.4 is 9.62 Å². The molecule has 1 heterocycles. The van der Waals surface area contributed by atoms with Crippen molar-refractivity contribution in [3.8, 4) is 0 Å². The maximum atomic E-state index is 13.3. The molecule has 9 heteroatoms. The fraction of sp³-hybridized carbons (Fsp3) is 0.435. The summed E-state index contributed by atoms with van der Waals surface area (Å²) in [5, 5.41) is 3.32. The van der Waals surface area contributed by atoms with E-state index >= 15 is 0 Å². The molecule has 0 aromatic heterocycles. The lowest BCUT2D eigenvalue weighted by Crippen LogP contribution is -2.45. The highest BCUT2D eigenvalue weighted by Gasteiger charge is 2.27. The predicted molar refractivity (Wildman–Crippen MR) is 129 cm³/mol. The molecule has 3 rings (SSSR count). The van der Waals surface area contributed by atoms with Crippen molar-refractivity contribution >= 4 is 33.2 Å². The number of rotatable bonds is 9. The van der Waals surface area contributed by atoms with E-state index < -0.39 is 10.0 Å². The molecule has 1 saturated heterocycles. The second kappa shape index (κ2) is 11.1. The largest absolute Gasteiger partial charge is 0.354 e. The van der Waals surface area contributed by atoms with Crippen molar-refractivity contribution < 1.29 is 13.2 Å². The second-order valence-corrected chi connectivity index (χ2v) is 10.5. The number of piperazine rings is 1. The molecular formula is C23H31ClN4O3S. The molecule has 1 amide bonds. The summed E-state index contributed by atoms with van der Waals surface area (Å²) in [6, 6.07) is 13.1. The number of anilines is 1. The quantitative estimate of drug-likeness (QED) is 0.561. The summed E-state index contributed by atoms with van der Waals surface area (Å²) >= 11 is 5.92. The Morgan fingerprint density at radius 2 is 1.78 bits per heavy atom. The van der Waals surface area contributed by atoms with Crippen molar-refractivity contribution in [2.45, 2.75) is 18.2 Å². The number of nitrogens with zero attached hydrogens (tertiary/aromatic N) is 3. The number of likely N-dealkylation sites (N-methyl/N-ethyl adjacent to an activating group) is 1. The molecule has 0 radical (unpaired) electrons. The van der Waals surface area contributed by atoms with E-state index in [4.69, 9.17) is 11.6 Å². The first kappa shape index (κ1) is 24.5. The van der Waals surface area contributed by atoms with Crippen molar-refractivity contribution in [2.24, 2.45) is 0 Å². The molecule has 1 N–H and O–H groups in total. The molecule has 0 unspecified atom stereocenters. The van der Waals surface area contributed by atoms with E-state index in [0.29, 0.717) is 17.3 Å². The predicted octanol–water partition coefficient (Wildman–Crippen LogP) is 2.60. The standard InChI is InChI=1S/C23H31ClN4O3S/c1-19-5-3-6-21(17-19)28(32(30,31)22-9-7-20(24)8-10-22)18-23(29)25-11-4-12-27-15-13-26(2)14-16-27/h3,5-10,17H,4,11-16,18H2,1-2H3,(H,25,29). The van der Waals surface area contributed by atoms with Crippen LogP contribution in [-0.4, -0.2) is 77.0 Å². The zero-order valence-corrected chi connectivity index (χ0v) is 20.2. The van der Waals surface area contributed by atoms with Gasteiger partial charge in [0.2, 0.25) is 5.91 Å². The van der Waals surface area contributed by atoms with Crippen LogP contribution in [0.15, 0.2) is 53.4 Å². The van der Waals surface area contributed by atoms with Crippen LogP contribution in [-0.2, 0) is 14.8 Å². The van der Waals surface area contributed by atoms with Crippen molar-refractivity contribution in [1.82, 2.24) is 15.1 Å². The van der Waals surface area contributed by atoms with Crippen LogP contribution in [0, 0.1) is 6.92 Å². The number of benzene rings is 2. The summed E-state index contributed by atoms with van der Waals surface area (Å²) in [4.78, 5) is 17.5. The Kier molecular flexibility index (Phi) is 8.53. The van der Waals surface area contributed by atoms with Crippen LogP contribution in [0.5, 0.6) is 0 Å². The minimum absolute atomic E-state index is 0.0891. The number of hydrogen-bond donors (Lipinski definition) is 1. The van der Waals surface area contributed by atoms with Crippen LogP contribution in [0.2, 0.25) is 5.02 Å². The fourth-order valence-electron chi connectivity index (χ4n) is 3.62. The third-order valence-corrected chi connectivity index (χ3v) is 7.59. The van der Waals surface area contributed by atoms with Gasteiger partial charge in [0.25, 0.3) is 10.0 Å². The van der Waals surface area contributed by atoms with Crippen LogP contribution in [0.4, 0.5) is 5.69 Å². The molecule has 0 saturated carbocycles. The average Bonchev–Trinajstić information content (AvgIpc) is 2.76. The summed E-state index contributed by atoms with van der Waals surface area (Å²) in [5.74, 6) is -0.331. The number of halogens is 1. The van der Waals surface area contributed by atoms with Crippen molar-refractivity contribution in [1.29, 1.82) is 0 Å². The molecular weight excluding hydrogens is 448 g/mol. The van der Waals surface area contributed by atoms with Crippen LogP contribution in [0.3, 0.4) is 0 Å². The molecule has 0 atom stereocenters. The smallest absolute Gasteiger partial charge is 0.264 e. The van der Waals surface area contributed by atoms with Gasteiger partial charge < -0.3 is 15.1 Å². The molecule has 7 nitrogen and oxygen atoms in total. The van der Waals surface area contributed by atoms with Crippen LogP contribution in [0.25, 0.3) is 0 Å². The third-order valence-electron chi connectivity index (χ3n) is 5.55. The molecule has 174 valence electrons. The summed E-state index contributed by atoms with van der Waals surface area (Å²) in [6.45, 7) is 7.20. The van der Waals surface area contributed by atoms with Gasteiger partial charge in [-0.05, 0) is 68.9 Å². The highest BCUT2D eigenvalue weighted by atomic mass is 35.5. The lowest BCUT2D eigenvalue weighted by atomic mass is 10.2. The van der Waals surface area contributed by atoms with Crippen molar-refractivity contribution in [3.05, 3.63) is 59.1 Å². The lowest BCUT2D eigenvalue weighted by Gasteiger charge is -2.32. The third kappa shape index (κ3) is 6.68. The van der Waals surface area contributed by atoms with E-state index in [1.165, 1.54) is 24.3 Å². The van der Waals surface area contributed by atoms with Gasteiger partial charge in [-0.15, -0.1) is 0 Å². The highest BCUT2D eigenvalue weighted by Crippen LogP contribution is 2.25. The number of hydrogen-bond acceptors (Lipinski definition) is 5. The maximum absolute atomic E-state index is 13.3. The first-order chi connectivity index (χ1) is 15.3. The Hall–Kier alpha value is -2.13. The first-order valence-electron chi connectivity index (χ1n) is 10.8. The highest BCUT2D eigenvalue weighted by molar-refractivity contribution is 7.92. The zero-order chi connectivity index (χ0) is 23.1.